The van der Waals surface area contributed by atoms with Gasteiger partial charge in [-0.1, -0.05) is 24.1 Å². The quantitative estimate of drug-likeness (QED) is 0.903. The Balaban J connectivity index is 1.78. The number of nitriles is 1. The maximum absolute atomic E-state index is 12.9. The molecule has 0 radical (unpaired) electrons. The molecule has 1 N–H and O–H groups in total. The number of hydrogen-bond acceptors (Lipinski definition) is 6. The van der Waals surface area contributed by atoms with Gasteiger partial charge in [-0.15, -0.1) is 0 Å². The highest BCUT2D eigenvalue weighted by Crippen LogP contribution is 2.29. The molecular weight excluding hydrogens is 334 g/mol. The highest BCUT2D eigenvalue weighted by Gasteiger charge is 2.30. The molecule has 0 aliphatic carbocycles. The topological polar surface area (TPSA) is 104 Å². The number of nitrogens with one attached hydrogen (secondary N) is 1. The number of urea groups is 1. The maximum Gasteiger partial charge on any atom is 0.322 e. The molecule has 0 spiro atoms. The Kier molecular flexibility index (Phi) is 5.81. The first-order valence-electron chi connectivity index (χ1n) is 8.60. The molecule has 0 bridgehead atoms. The van der Waals surface area contributed by atoms with E-state index in [4.69, 9.17) is 14.5 Å². The van der Waals surface area contributed by atoms with E-state index in [9.17, 15) is 4.79 Å². The first-order valence-corrected chi connectivity index (χ1v) is 8.60. The molecule has 136 valence electrons. The van der Waals surface area contributed by atoms with Crippen LogP contribution in [-0.4, -0.2) is 34.7 Å². The predicted molar refractivity (Wildman–Crippen MR) is 93.1 cm³/mol. The van der Waals surface area contributed by atoms with Crippen molar-refractivity contribution >= 4 is 11.7 Å². The van der Waals surface area contributed by atoms with Crippen LogP contribution in [0.4, 0.5) is 10.5 Å². The highest BCUT2D eigenvalue weighted by atomic mass is 16.5. The molecule has 1 aromatic heterocycles. The third-order valence-electron chi connectivity index (χ3n) is 4.31. The van der Waals surface area contributed by atoms with Crippen LogP contribution in [0.3, 0.4) is 0 Å². The van der Waals surface area contributed by atoms with Crippen LogP contribution in [0.2, 0.25) is 0 Å². The van der Waals surface area contributed by atoms with Gasteiger partial charge in [0.2, 0.25) is 0 Å². The van der Waals surface area contributed by atoms with Gasteiger partial charge in [-0.25, -0.2) is 4.79 Å². The zero-order chi connectivity index (χ0) is 18.4. The van der Waals surface area contributed by atoms with Crippen LogP contribution in [0.5, 0.6) is 0 Å². The van der Waals surface area contributed by atoms with Crippen LogP contribution in [0.15, 0.2) is 28.8 Å². The number of nitrogens with zero attached hydrogens (tertiary/aromatic N) is 4. The van der Waals surface area contributed by atoms with Crippen LogP contribution in [0, 0.1) is 11.3 Å². The van der Waals surface area contributed by atoms with E-state index in [0.29, 0.717) is 29.5 Å². The largest absolute Gasteiger partial charge is 0.375 e. The summed E-state index contributed by atoms with van der Waals surface area (Å²) >= 11 is 0. The summed E-state index contributed by atoms with van der Waals surface area (Å²) in [5.41, 5.74) is 1.09. The second kappa shape index (κ2) is 8.45. The number of methoxy groups -OCH3 is 1. The van der Waals surface area contributed by atoms with Crippen molar-refractivity contribution in [2.45, 2.75) is 38.3 Å². The lowest BCUT2D eigenvalue weighted by Gasteiger charge is -2.28. The molecule has 2 amide bonds. The molecule has 1 aromatic carbocycles. The molecule has 2 heterocycles. The van der Waals surface area contributed by atoms with Gasteiger partial charge in [0.1, 0.15) is 6.61 Å². The van der Waals surface area contributed by atoms with Crippen LogP contribution >= 0.6 is 0 Å². The first kappa shape index (κ1) is 17.9. The van der Waals surface area contributed by atoms with E-state index >= 15 is 0 Å². The predicted octanol–water partition coefficient (Wildman–Crippen LogP) is 3.24. The van der Waals surface area contributed by atoms with E-state index in [-0.39, 0.29) is 18.7 Å². The Morgan fingerprint density at radius 2 is 2.35 bits per heavy atom. The zero-order valence-corrected chi connectivity index (χ0v) is 14.6. The van der Waals surface area contributed by atoms with Gasteiger partial charge >= 0.3 is 6.03 Å². The maximum atomic E-state index is 12.9. The Bertz CT molecular complexity index is 798. The standard InChI is InChI=1S/C18H21N5O3/c1-25-12-16-21-17(22-26-16)15-8-3-2-4-9-23(15)18(24)20-14-7-5-6-13(10-14)11-19/h5-7,10,15H,2-4,8-9,12H2,1H3,(H,20,24)/t15-/m1/s1. The molecule has 1 aliphatic heterocycles. The number of anilines is 1. The van der Waals surface area contributed by atoms with Crippen molar-refractivity contribution in [2.24, 2.45) is 0 Å². The van der Waals surface area contributed by atoms with Crippen molar-refractivity contribution in [3.8, 4) is 6.07 Å². The van der Waals surface area contributed by atoms with Crippen molar-refractivity contribution in [1.82, 2.24) is 15.0 Å². The molecule has 1 aliphatic rings. The van der Waals surface area contributed by atoms with E-state index in [1.54, 1.807) is 36.3 Å². The molecule has 1 fully saturated rings. The van der Waals surface area contributed by atoms with Gasteiger partial charge in [0.05, 0.1) is 17.7 Å². The molecule has 0 saturated carbocycles. The van der Waals surface area contributed by atoms with Crippen LogP contribution in [0.1, 0.15) is 49.0 Å². The number of likely N-dealkylation sites (tertiary alicyclic amines) is 1. The summed E-state index contributed by atoms with van der Waals surface area (Å²) in [5.74, 6) is 0.897. The van der Waals surface area contributed by atoms with E-state index < -0.39 is 0 Å². The molecule has 1 atom stereocenters. The Labute approximate surface area is 151 Å². The van der Waals surface area contributed by atoms with Gasteiger partial charge in [0.15, 0.2) is 5.82 Å². The second-order valence-corrected chi connectivity index (χ2v) is 6.16. The first-order chi connectivity index (χ1) is 12.7. The third-order valence-corrected chi connectivity index (χ3v) is 4.31. The number of amides is 2. The van der Waals surface area contributed by atoms with Gasteiger partial charge in [0.25, 0.3) is 5.89 Å². The minimum absolute atomic E-state index is 0.231. The summed E-state index contributed by atoms with van der Waals surface area (Å²) in [6, 6.07) is 8.44. The fourth-order valence-corrected chi connectivity index (χ4v) is 3.07. The van der Waals surface area contributed by atoms with Crippen molar-refractivity contribution in [3.05, 3.63) is 41.5 Å². The monoisotopic (exact) mass is 355 g/mol. The number of carbonyl (C=O) groups is 1. The lowest BCUT2D eigenvalue weighted by molar-refractivity contribution is 0.151. The van der Waals surface area contributed by atoms with Gasteiger partial charge in [-0.3, -0.25) is 0 Å². The lowest BCUT2D eigenvalue weighted by atomic mass is 10.1. The number of carbonyl (C=O) groups excluding carboxylic acids is 1. The number of rotatable bonds is 4. The average molecular weight is 355 g/mol. The Morgan fingerprint density at radius 3 is 3.15 bits per heavy atom. The van der Waals surface area contributed by atoms with E-state index in [2.05, 4.69) is 21.5 Å². The number of ether oxygens (including phenoxy) is 1. The molecule has 0 unspecified atom stereocenters. The van der Waals surface area contributed by atoms with Crippen LogP contribution in [0.25, 0.3) is 0 Å². The van der Waals surface area contributed by atoms with Gasteiger partial charge < -0.3 is 19.5 Å². The van der Waals surface area contributed by atoms with Crippen molar-refractivity contribution in [1.29, 1.82) is 5.26 Å². The average Bonchev–Trinajstić information content (AvgIpc) is 2.97. The molecule has 8 heteroatoms. The Morgan fingerprint density at radius 1 is 1.46 bits per heavy atom. The molecule has 26 heavy (non-hydrogen) atoms. The highest BCUT2D eigenvalue weighted by molar-refractivity contribution is 5.89. The molecule has 8 nitrogen and oxygen atoms in total. The van der Waals surface area contributed by atoms with E-state index in [0.717, 1.165) is 25.7 Å². The van der Waals surface area contributed by atoms with Gasteiger partial charge in [-0.2, -0.15) is 10.2 Å². The van der Waals surface area contributed by atoms with Crippen LogP contribution in [-0.2, 0) is 11.3 Å². The van der Waals surface area contributed by atoms with Crippen molar-refractivity contribution in [2.75, 3.05) is 19.0 Å². The van der Waals surface area contributed by atoms with Crippen molar-refractivity contribution in [3.63, 3.8) is 0 Å². The molecule has 1 saturated heterocycles. The number of hydrogen-bond donors (Lipinski definition) is 1. The smallest absolute Gasteiger partial charge is 0.322 e. The number of aromatic nitrogens is 2. The summed E-state index contributed by atoms with van der Waals surface area (Å²) < 4.78 is 10.2. The summed E-state index contributed by atoms with van der Waals surface area (Å²) in [4.78, 5) is 19.0. The van der Waals surface area contributed by atoms with Gasteiger partial charge in [-0.05, 0) is 31.0 Å². The summed E-state index contributed by atoms with van der Waals surface area (Å²) in [6.07, 6.45) is 3.74. The normalized spacial score (nSPS) is 17.4. The fourth-order valence-electron chi connectivity index (χ4n) is 3.07. The van der Waals surface area contributed by atoms with Gasteiger partial charge in [0, 0.05) is 19.3 Å². The molecular formula is C18H21N5O3. The minimum atomic E-state index is -0.244. The number of benzene rings is 1. The molecule has 3 rings (SSSR count). The van der Waals surface area contributed by atoms with E-state index in [1.165, 1.54) is 0 Å². The second-order valence-electron chi connectivity index (χ2n) is 6.16. The summed E-state index contributed by atoms with van der Waals surface area (Å²) in [5, 5.41) is 15.9. The summed E-state index contributed by atoms with van der Waals surface area (Å²) in [7, 11) is 1.56. The summed E-state index contributed by atoms with van der Waals surface area (Å²) in [6.45, 7) is 0.857. The lowest BCUT2D eigenvalue weighted by Crippen LogP contribution is -2.38. The Hall–Kier alpha value is -2.92. The minimum Gasteiger partial charge on any atom is -0.375 e. The third kappa shape index (κ3) is 4.18. The van der Waals surface area contributed by atoms with Crippen molar-refractivity contribution < 1.29 is 14.1 Å². The SMILES string of the molecule is COCc1nc([C@H]2CCCCCN2C(=O)Nc2cccc(C#N)c2)no1. The van der Waals surface area contributed by atoms with Crippen LogP contribution < -0.4 is 5.32 Å². The molecule has 2 aromatic rings. The zero-order valence-electron chi connectivity index (χ0n) is 14.6. The fraction of sp³-hybridized carbons (Fsp3) is 0.444. The van der Waals surface area contributed by atoms with E-state index in [1.807, 2.05) is 0 Å².